The molecule has 0 aliphatic heterocycles. The molecule has 3 aromatic rings. The van der Waals surface area contributed by atoms with Crippen LogP contribution < -0.4 is 4.90 Å². The van der Waals surface area contributed by atoms with Crippen molar-refractivity contribution >= 4 is 49.3 Å². The van der Waals surface area contributed by atoms with Crippen LogP contribution in [-0.4, -0.2) is 56.7 Å². The van der Waals surface area contributed by atoms with Crippen molar-refractivity contribution in [2.24, 2.45) is 0 Å². The Labute approximate surface area is 192 Å². The number of nitrogens with zero attached hydrogens (tertiary/aromatic N) is 4. The normalized spacial score (nSPS) is 15.5. The Balaban J connectivity index is 1.96. The summed E-state index contributed by atoms with van der Waals surface area (Å²) in [7, 11) is 0. The summed E-state index contributed by atoms with van der Waals surface area (Å²) in [5, 5.41) is 22.1. The lowest BCUT2D eigenvalue weighted by atomic mass is 10.0. The highest BCUT2D eigenvalue weighted by atomic mass is 32.2. The Morgan fingerprint density at radius 1 is 1.06 bits per heavy atom. The van der Waals surface area contributed by atoms with Crippen LogP contribution in [0, 0.1) is 0 Å². The predicted octanol–water partition coefficient (Wildman–Crippen LogP) is 4.36. The number of aromatic nitrogens is 3. The van der Waals surface area contributed by atoms with Crippen molar-refractivity contribution in [3.05, 3.63) is 16.8 Å². The average molecular weight is 461 g/mol. The molecule has 0 fully saturated rings. The van der Waals surface area contributed by atoms with Gasteiger partial charge in [0.25, 0.3) is 0 Å². The fourth-order valence-electron chi connectivity index (χ4n) is 4.55. The third-order valence-electron chi connectivity index (χ3n) is 5.80. The van der Waals surface area contributed by atoms with Gasteiger partial charge in [0.2, 0.25) is 0 Å². The maximum Gasteiger partial charge on any atom is 0.189 e. The Hall–Kier alpha value is -1.48. The van der Waals surface area contributed by atoms with Gasteiger partial charge in [0.1, 0.15) is 4.83 Å². The number of fused-ring (bicyclic) bond motifs is 5. The van der Waals surface area contributed by atoms with Crippen molar-refractivity contribution in [2.45, 2.75) is 76.7 Å². The fourth-order valence-corrected chi connectivity index (χ4v) is 6.09. The van der Waals surface area contributed by atoms with Gasteiger partial charge in [0.05, 0.1) is 22.4 Å². The molecule has 8 heteroatoms. The zero-order valence-electron chi connectivity index (χ0n) is 18.8. The topological polar surface area (TPSA) is 82.4 Å². The molecule has 0 aromatic carbocycles. The van der Waals surface area contributed by atoms with E-state index in [2.05, 4.69) is 6.92 Å². The number of unbranched alkanes of at least 4 members (excludes halogenated alkanes) is 1. The summed E-state index contributed by atoms with van der Waals surface area (Å²) in [5.41, 5.74) is 5.11. The van der Waals surface area contributed by atoms with Crippen LogP contribution in [0.1, 0.15) is 56.9 Å². The van der Waals surface area contributed by atoms with Gasteiger partial charge in [-0.1, -0.05) is 25.1 Å². The van der Waals surface area contributed by atoms with Gasteiger partial charge in [-0.25, -0.2) is 15.0 Å². The van der Waals surface area contributed by atoms with Gasteiger partial charge in [-0.15, -0.1) is 11.3 Å². The summed E-state index contributed by atoms with van der Waals surface area (Å²) in [6.45, 7) is 6.58. The zero-order chi connectivity index (χ0) is 22.1. The molecule has 31 heavy (non-hydrogen) atoms. The number of aliphatic hydroxyl groups is 2. The molecule has 0 radical (unpaired) electrons. The van der Waals surface area contributed by atoms with Gasteiger partial charge >= 0.3 is 0 Å². The summed E-state index contributed by atoms with van der Waals surface area (Å²) in [6, 6.07) is 0. The highest BCUT2D eigenvalue weighted by Crippen LogP contribution is 2.43. The van der Waals surface area contributed by atoms with Crippen molar-refractivity contribution in [1.29, 1.82) is 0 Å². The van der Waals surface area contributed by atoms with Crippen LogP contribution in [0.5, 0.6) is 0 Å². The van der Waals surface area contributed by atoms with Crippen LogP contribution in [0.3, 0.4) is 0 Å². The first-order chi connectivity index (χ1) is 14.9. The monoisotopic (exact) mass is 460 g/mol. The molecule has 0 spiro atoms. The van der Waals surface area contributed by atoms with E-state index >= 15 is 0 Å². The highest BCUT2D eigenvalue weighted by molar-refractivity contribution is 7.98. The number of anilines is 1. The van der Waals surface area contributed by atoms with E-state index in [0.717, 1.165) is 46.5 Å². The summed E-state index contributed by atoms with van der Waals surface area (Å²) in [5.74, 6) is 0.793. The second-order valence-electron chi connectivity index (χ2n) is 8.57. The minimum Gasteiger partial charge on any atom is -0.392 e. The second kappa shape index (κ2) is 9.57. The number of hydrogen-bond donors (Lipinski definition) is 2. The van der Waals surface area contributed by atoms with E-state index in [1.807, 2.05) is 11.2 Å². The van der Waals surface area contributed by atoms with Gasteiger partial charge in [-0.05, 0) is 63.3 Å². The van der Waals surface area contributed by atoms with E-state index in [-0.39, 0.29) is 0 Å². The number of thioether (sulfide) groups is 1. The van der Waals surface area contributed by atoms with Crippen molar-refractivity contribution in [1.82, 2.24) is 15.0 Å². The molecule has 0 amide bonds. The lowest BCUT2D eigenvalue weighted by Gasteiger charge is -2.27. The lowest BCUT2D eigenvalue weighted by Crippen LogP contribution is -2.37. The number of pyridine rings is 1. The molecule has 3 aromatic heterocycles. The lowest BCUT2D eigenvalue weighted by molar-refractivity contribution is 0.178. The average Bonchev–Trinajstić information content (AvgIpc) is 3.34. The number of aliphatic hydroxyl groups excluding tert-OH is 2. The van der Waals surface area contributed by atoms with E-state index in [4.69, 9.17) is 15.0 Å². The van der Waals surface area contributed by atoms with Gasteiger partial charge < -0.3 is 15.1 Å². The molecule has 0 saturated heterocycles. The van der Waals surface area contributed by atoms with Gasteiger partial charge in [0.15, 0.2) is 11.0 Å². The summed E-state index contributed by atoms with van der Waals surface area (Å²) < 4.78 is 1.00. The summed E-state index contributed by atoms with van der Waals surface area (Å²) in [4.78, 5) is 17.9. The smallest absolute Gasteiger partial charge is 0.189 e. The maximum atomic E-state index is 10.1. The zero-order valence-corrected chi connectivity index (χ0v) is 20.4. The van der Waals surface area contributed by atoms with Crippen molar-refractivity contribution < 1.29 is 10.2 Å². The van der Waals surface area contributed by atoms with E-state index in [9.17, 15) is 10.2 Å². The van der Waals surface area contributed by atoms with Crippen molar-refractivity contribution in [2.75, 3.05) is 24.2 Å². The molecule has 3 heterocycles. The Kier molecular flexibility index (Phi) is 7.01. The Morgan fingerprint density at radius 3 is 2.42 bits per heavy atom. The van der Waals surface area contributed by atoms with E-state index < -0.39 is 12.2 Å². The predicted molar refractivity (Wildman–Crippen MR) is 131 cm³/mol. The third kappa shape index (κ3) is 4.53. The number of rotatable bonds is 9. The fraction of sp³-hybridized carbons (Fsp3) is 0.609. The van der Waals surface area contributed by atoms with Crippen molar-refractivity contribution in [3.63, 3.8) is 0 Å². The first-order valence-corrected chi connectivity index (χ1v) is 13.3. The highest BCUT2D eigenvalue weighted by Gasteiger charge is 2.26. The SMILES string of the molecule is CCCCc1nc2sc3c(N(C[C@H](C)O)C[C@@H](C)O)nc(SC)nc3c2c2c1CCC2. The molecule has 2 atom stereocenters. The van der Waals surface area contributed by atoms with Crippen LogP contribution in [-0.2, 0) is 19.3 Å². The molecule has 0 unspecified atom stereocenters. The minimum absolute atomic E-state index is 0.409. The molecular formula is C23H32N4O2S2. The van der Waals surface area contributed by atoms with Gasteiger partial charge in [0, 0.05) is 24.2 Å². The van der Waals surface area contributed by atoms with Crippen LogP contribution in [0.2, 0.25) is 0 Å². The molecule has 0 saturated carbocycles. The van der Waals surface area contributed by atoms with Crippen LogP contribution >= 0.6 is 23.1 Å². The molecule has 6 nitrogen and oxygen atoms in total. The van der Waals surface area contributed by atoms with E-state index in [1.54, 1.807) is 25.2 Å². The maximum absolute atomic E-state index is 10.1. The molecule has 2 N–H and O–H groups in total. The Bertz CT molecular complexity index is 1070. The van der Waals surface area contributed by atoms with Gasteiger partial charge in [-0.2, -0.15) is 0 Å². The molecule has 0 bridgehead atoms. The van der Waals surface area contributed by atoms with Gasteiger partial charge in [-0.3, -0.25) is 0 Å². The summed E-state index contributed by atoms with van der Waals surface area (Å²) in [6.07, 6.45) is 7.66. The quantitative estimate of drug-likeness (QED) is 0.363. The Morgan fingerprint density at radius 2 is 1.77 bits per heavy atom. The molecule has 4 rings (SSSR count). The van der Waals surface area contributed by atoms with E-state index in [0.29, 0.717) is 18.2 Å². The molecule has 168 valence electrons. The van der Waals surface area contributed by atoms with Crippen molar-refractivity contribution in [3.8, 4) is 0 Å². The molecular weight excluding hydrogens is 428 g/mol. The molecule has 1 aliphatic carbocycles. The number of hydrogen-bond acceptors (Lipinski definition) is 8. The standard InChI is InChI=1S/C23H32N4O2S2/c1-5-6-10-17-15-8-7-9-16(15)18-19-20(31-22(18)24-17)21(26-23(25-19)30-4)27(11-13(2)28)12-14(3)29/h13-14,28-29H,5-12H2,1-4H3/t13-,14+. The van der Waals surface area contributed by atoms with Crippen LogP contribution in [0.15, 0.2) is 5.16 Å². The van der Waals surface area contributed by atoms with Crippen LogP contribution in [0.4, 0.5) is 5.82 Å². The summed E-state index contributed by atoms with van der Waals surface area (Å²) >= 11 is 3.18. The molecule has 1 aliphatic rings. The van der Waals surface area contributed by atoms with Crippen LogP contribution in [0.25, 0.3) is 20.4 Å². The van der Waals surface area contributed by atoms with E-state index in [1.165, 1.54) is 46.8 Å². The largest absolute Gasteiger partial charge is 0.392 e. The minimum atomic E-state index is -0.529. The number of aryl methyl sites for hydroxylation is 2. The third-order valence-corrected chi connectivity index (χ3v) is 7.42. The first-order valence-electron chi connectivity index (χ1n) is 11.2. The first kappa shape index (κ1) is 22.7. The second-order valence-corrected chi connectivity index (χ2v) is 10.3. The number of thiophene rings is 1.